The summed E-state index contributed by atoms with van der Waals surface area (Å²) in [5, 5.41) is 3.56. The lowest BCUT2D eigenvalue weighted by Gasteiger charge is -2.46. The van der Waals surface area contributed by atoms with Crippen molar-refractivity contribution >= 4 is 11.4 Å². The Kier molecular flexibility index (Phi) is 11.2. The largest absolute Gasteiger partial charge is 0.383 e. The molecule has 9 heteroatoms. The SMILES string of the molecule is COC[C@H]1CN(CCC[C@@H](C(C)C)N2CC(c3cc(-c4ccc(F)cc4C(=O)N(C(C)C)C(C)C)c4cnc(C)n4c3)C2)CCN1. The van der Waals surface area contributed by atoms with Crippen LogP contribution in [0.5, 0.6) is 0 Å². The molecule has 8 nitrogen and oxygen atoms in total. The number of ether oxygens (including phenoxy) is 1. The van der Waals surface area contributed by atoms with E-state index in [0.717, 1.165) is 68.3 Å². The summed E-state index contributed by atoms with van der Waals surface area (Å²) in [5.74, 6) is 1.31. The van der Waals surface area contributed by atoms with Gasteiger partial charge in [-0.25, -0.2) is 9.37 Å². The minimum Gasteiger partial charge on any atom is -0.383 e. The summed E-state index contributed by atoms with van der Waals surface area (Å²) in [7, 11) is 1.78. The van der Waals surface area contributed by atoms with E-state index in [1.54, 1.807) is 13.2 Å². The summed E-state index contributed by atoms with van der Waals surface area (Å²) in [6, 6.07) is 7.81. The molecule has 0 spiro atoms. The second-order valence-electron chi connectivity index (χ2n) is 14.3. The van der Waals surface area contributed by atoms with Gasteiger partial charge in [-0.15, -0.1) is 0 Å². The zero-order valence-corrected chi connectivity index (χ0v) is 29.2. The van der Waals surface area contributed by atoms with Crippen LogP contribution in [0.15, 0.2) is 36.7 Å². The molecule has 252 valence electrons. The Bertz CT molecular complexity index is 1470. The maximum Gasteiger partial charge on any atom is 0.255 e. The Labute approximate surface area is 275 Å². The summed E-state index contributed by atoms with van der Waals surface area (Å²) in [5.41, 5.74) is 4.24. The van der Waals surface area contributed by atoms with Gasteiger partial charge in [-0.1, -0.05) is 19.9 Å². The molecule has 1 amide bonds. The van der Waals surface area contributed by atoms with Crippen LogP contribution < -0.4 is 5.32 Å². The molecule has 2 aliphatic heterocycles. The molecule has 4 heterocycles. The molecule has 0 radical (unpaired) electrons. The lowest BCUT2D eigenvalue weighted by molar-refractivity contribution is 0.0550. The van der Waals surface area contributed by atoms with E-state index in [1.165, 1.54) is 30.5 Å². The number of carbonyl (C=O) groups excluding carboxylic acids is 1. The van der Waals surface area contributed by atoms with Crippen molar-refractivity contribution in [1.29, 1.82) is 0 Å². The van der Waals surface area contributed by atoms with Crippen LogP contribution in [0.2, 0.25) is 0 Å². The standard InChI is InChI=1S/C37H55FN6O2/c1-24(2)35(10-9-14-41-15-13-39-31(22-41)23-46-8)42-19-29(20-42)28-16-33(36-18-40-27(7)43(36)21-28)32-12-11-30(38)17-34(32)37(45)44(25(3)4)26(5)6/h11-12,16-18,21,24-26,29,31,35,39H,9-10,13-15,19-20,22-23H2,1-8H3/t31-,35+/m1/s1. The number of methoxy groups -OCH3 is 1. The molecule has 2 saturated heterocycles. The fourth-order valence-corrected chi connectivity index (χ4v) is 7.68. The van der Waals surface area contributed by atoms with Gasteiger partial charge in [-0.05, 0) is 89.2 Å². The fraction of sp³-hybridized carbons (Fsp3) is 0.622. The van der Waals surface area contributed by atoms with Gasteiger partial charge in [0.2, 0.25) is 0 Å². The van der Waals surface area contributed by atoms with Crippen LogP contribution in [0, 0.1) is 18.7 Å². The summed E-state index contributed by atoms with van der Waals surface area (Å²) in [4.78, 5) is 25.6. The second kappa shape index (κ2) is 14.9. The number of rotatable bonds is 13. The van der Waals surface area contributed by atoms with Crippen molar-refractivity contribution in [3.8, 4) is 11.1 Å². The van der Waals surface area contributed by atoms with E-state index in [2.05, 4.69) is 50.6 Å². The number of aromatic nitrogens is 2. The first-order chi connectivity index (χ1) is 22.0. The summed E-state index contributed by atoms with van der Waals surface area (Å²) >= 11 is 0. The van der Waals surface area contributed by atoms with Gasteiger partial charge in [0.15, 0.2) is 0 Å². The highest BCUT2D eigenvalue weighted by atomic mass is 19.1. The molecular weight excluding hydrogens is 579 g/mol. The lowest BCUT2D eigenvalue weighted by Crippen LogP contribution is -2.54. The van der Waals surface area contributed by atoms with Crippen LogP contribution in [-0.4, -0.2) is 107 Å². The number of nitrogens with one attached hydrogen (secondary N) is 1. The molecule has 1 aromatic carbocycles. The number of amides is 1. The number of hydrogen-bond acceptors (Lipinski definition) is 6. The number of fused-ring (bicyclic) bond motifs is 1. The average molecular weight is 635 g/mol. The van der Waals surface area contributed by atoms with Crippen molar-refractivity contribution in [2.75, 3.05) is 53.0 Å². The van der Waals surface area contributed by atoms with Crippen LogP contribution >= 0.6 is 0 Å². The number of benzene rings is 1. The highest BCUT2D eigenvalue weighted by Gasteiger charge is 2.35. The molecule has 2 aromatic heterocycles. The molecular formula is C37H55FN6O2. The van der Waals surface area contributed by atoms with Gasteiger partial charge in [0, 0.05) is 81.7 Å². The van der Waals surface area contributed by atoms with Crippen LogP contribution in [0.1, 0.15) is 82.0 Å². The number of likely N-dealkylation sites (tertiary alicyclic amines) is 1. The zero-order chi connectivity index (χ0) is 33.1. The predicted molar refractivity (Wildman–Crippen MR) is 184 cm³/mol. The van der Waals surface area contributed by atoms with Crippen LogP contribution in [0.25, 0.3) is 16.6 Å². The summed E-state index contributed by atoms with van der Waals surface area (Å²) in [6.07, 6.45) is 6.47. The molecule has 0 saturated carbocycles. The fourth-order valence-electron chi connectivity index (χ4n) is 7.68. The van der Waals surface area contributed by atoms with Gasteiger partial charge < -0.3 is 24.3 Å². The zero-order valence-electron chi connectivity index (χ0n) is 29.2. The van der Waals surface area contributed by atoms with E-state index in [-0.39, 0.29) is 18.0 Å². The Morgan fingerprint density at radius 3 is 2.50 bits per heavy atom. The van der Waals surface area contributed by atoms with Gasteiger partial charge in [-0.2, -0.15) is 0 Å². The maximum atomic E-state index is 14.7. The minimum atomic E-state index is -0.405. The molecule has 1 N–H and O–H groups in total. The van der Waals surface area contributed by atoms with Crippen molar-refractivity contribution in [3.63, 3.8) is 0 Å². The summed E-state index contributed by atoms with van der Waals surface area (Å²) < 4.78 is 22.2. The van der Waals surface area contributed by atoms with Gasteiger partial charge in [0.05, 0.1) is 23.9 Å². The highest BCUT2D eigenvalue weighted by Crippen LogP contribution is 2.37. The smallest absolute Gasteiger partial charge is 0.255 e. The van der Waals surface area contributed by atoms with Crippen molar-refractivity contribution in [1.82, 2.24) is 29.4 Å². The number of piperazine rings is 1. The molecule has 2 atom stereocenters. The van der Waals surface area contributed by atoms with Gasteiger partial charge in [0.25, 0.3) is 5.91 Å². The van der Waals surface area contributed by atoms with E-state index in [9.17, 15) is 9.18 Å². The Hall–Kier alpha value is -2.85. The van der Waals surface area contributed by atoms with Crippen molar-refractivity contribution in [2.24, 2.45) is 5.92 Å². The van der Waals surface area contributed by atoms with Gasteiger partial charge >= 0.3 is 0 Å². The third-order valence-corrected chi connectivity index (χ3v) is 10.00. The molecule has 3 aromatic rings. The van der Waals surface area contributed by atoms with Crippen LogP contribution in [-0.2, 0) is 4.74 Å². The Morgan fingerprint density at radius 1 is 1.09 bits per heavy atom. The topological polar surface area (TPSA) is 65.4 Å². The Morgan fingerprint density at radius 2 is 1.83 bits per heavy atom. The van der Waals surface area contributed by atoms with Crippen molar-refractivity contribution < 1.29 is 13.9 Å². The van der Waals surface area contributed by atoms with E-state index < -0.39 is 5.82 Å². The first-order valence-electron chi connectivity index (χ1n) is 17.3. The van der Waals surface area contributed by atoms with E-state index in [4.69, 9.17) is 4.74 Å². The first-order valence-corrected chi connectivity index (χ1v) is 17.3. The van der Waals surface area contributed by atoms with Crippen molar-refractivity contribution in [2.45, 2.75) is 91.4 Å². The number of halogens is 1. The monoisotopic (exact) mass is 634 g/mol. The minimum absolute atomic E-state index is 0.00789. The number of carbonyl (C=O) groups is 1. The second-order valence-corrected chi connectivity index (χ2v) is 14.3. The number of imidazole rings is 1. The Balaban J connectivity index is 1.35. The number of hydrogen-bond donors (Lipinski definition) is 1. The number of aryl methyl sites for hydroxylation is 1. The summed E-state index contributed by atoms with van der Waals surface area (Å²) in [6.45, 7) is 21.8. The van der Waals surface area contributed by atoms with E-state index >= 15 is 0 Å². The van der Waals surface area contributed by atoms with E-state index in [1.807, 2.05) is 45.7 Å². The van der Waals surface area contributed by atoms with Gasteiger partial charge in [0.1, 0.15) is 11.6 Å². The molecule has 5 rings (SSSR count). The third-order valence-electron chi connectivity index (χ3n) is 10.00. The first kappa shape index (κ1) is 34.5. The normalized spacial score (nSPS) is 19.0. The molecule has 0 aliphatic carbocycles. The molecule has 2 fully saturated rings. The number of nitrogens with zero attached hydrogens (tertiary/aromatic N) is 5. The maximum absolute atomic E-state index is 14.7. The third kappa shape index (κ3) is 7.48. The molecule has 0 unspecified atom stereocenters. The predicted octanol–water partition coefficient (Wildman–Crippen LogP) is 5.83. The highest BCUT2D eigenvalue weighted by molar-refractivity contribution is 6.03. The average Bonchev–Trinajstić information content (AvgIpc) is 3.35. The van der Waals surface area contributed by atoms with Gasteiger partial charge in [-0.3, -0.25) is 9.69 Å². The quantitative estimate of drug-likeness (QED) is 0.255. The molecule has 46 heavy (non-hydrogen) atoms. The molecule has 2 aliphatic rings. The lowest BCUT2D eigenvalue weighted by atomic mass is 9.85. The van der Waals surface area contributed by atoms with Crippen LogP contribution in [0.3, 0.4) is 0 Å². The van der Waals surface area contributed by atoms with Crippen LogP contribution in [0.4, 0.5) is 4.39 Å². The number of pyridine rings is 1. The van der Waals surface area contributed by atoms with Crippen molar-refractivity contribution in [3.05, 3.63) is 59.4 Å². The molecule has 0 bridgehead atoms. The van der Waals surface area contributed by atoms with E-state index in [0.29, 0.717) is 29.5 Å².